The molecule has 0 radical (unpaired) electrons. The first-order chi connectivity index (χ1) is 17.0. The van der Waals surface area contributed by atoms with Crippen LogP contribution in [0.15, 0.2) is 30.3 Å². The third kappa shape index (κ3) is 6.70. The molecule has 8 nitrogen and oxygen atoms in total. The maximum absolute atomic E-state index is 13.2. The van der Waals surface area contributed by atoms with Gasteiger partial charge in [-0.3, -0.25) is 4.79 Å². The van der Waals surface area contributed by atoms with Crippen molar-refractivity contribution < 1.29 is 19.4 Å². The fourth-order valence-electron chi connectivity index (χ4n) is 4.95. The zero-order chi connectivity index (χ0) is 26.5. The Balaban J connectivity index is 1.69. The van der Waals surface area contributed by atoms with Crippen LogP contribution in [0.4, 0.5) is 9.80 Å². The molecule has 0 spiro atoms. The molecule has 2 aromatic rings. The van der Waals surface area contributed by atoms with E-state index in [4.69, 9.17) is 10.5 Å². The van der Waals surface area contributed by atoms with Gasteiger partial charge in [0.25, 0.3) is 5.91 Å². The normalized spacial score (nSPS) is 18.3. The van der Waals surface area contributed by atoms with Crippen molar-refractivity contribution in [3.8, 4) is 16.2 Å². The van der Waals surface area contributed by atoms with Gasteiger partial charge in [0.2, 0.25) is 0 Å². The van der Waals surface area contributed by atoms with Gasteiger partial charge < -0.3 is 30.7 Å². The van der Waals surface area contributed by atoms with Crippen molar-refractivity contribution in [3.05, 3.63) is 35.9 Å². The van der Waals surface area contributed by atoms with E-state index in [2.05, 4.69) is 24.1 Å². The maximum Gasteiger partial charge on any atom is 0.407 e. The Hall–Kier alpha value is -2.78. The molecule has 36 heavy (non-hydrogen) atoms. The summed E-state index contributed by atoms with van der Waals surface area (Å²) in [7, 11) is 0. The number of hydrogen-bond donors (Lipinski definition) is 3. The Morgan fingerprint density at radius 3 is 2.47 bits per heavy atom. The summed E-state index contributed by atoms with van der Waals surface area (Å²) >= 11 is 1.37. The molecule has 1 unspecified atom stereocenters. The second-order valence-corrected chi connectivity index (χ2v) is 11.4. The highest BCUT2D eigenvalue weighted by molar-refractivity contribution is 7.19. The summed E-state index contributed by atoms with van der Waals surface area (Å²) in [6.45, 7) is 14.3. The smallest absolute Gasteiger partial charge is 0.407 e. The largest absolute Gasteiger partial charge is 0.492 e. The molecule has 1 aromatic carbocycles. The minimum absolute atomic E-state index is 0.266. The van der Waals surface area contributed by atoms with E-state index in [-0.39, 0.29) is 23.4 Å². The summed E-state index contributed by atoms with van der Waals surface area (Å²) in [5, 5.41) is 13.2. The number of carbonyl (C=O) groups is 2. The molecule has 0 aliphatic carbocycles. The van der Waals surface area contributed by atoms with Gasteiger partial charge >= 0.3 is 6.09 Å². The molecule has 2 atom stereocenters. The Labute approximate surface area is 218 Å². The third-order valence-corrected chi connectivity index (χ3v) is 7.81. The third-order valence-electron chi connectivity index (χ3n) is 6.80. The number of ether oxygens (including phenoxy) is 1. The highest BCUT2D eigenvalue weighted by Gasteiger charge is 2.42. The molecule has 1 saturated heterocycles. The number of hydrogen-bond acceptors (Lipinski definition) is 6. The molecule has 2 amide bonds. The first-order valence-electron chi connectivity index (χ1n) is 12.7. The first kappa shape index (κ1) is 27.8. The molecule has 1 aliphatic rings. The Kier molecular flexibility index (Phi) is 9.24. The van der Waals surface area contributed by atoms with Gasteiger partial charge in [0.05, 0.1) is 22.6 Å². The summed E-state index contributed by atoms with van der Waals surface area (Å²) < 4.78 is 5.87. The standard InChI is InChI=1S/C27H40N4O4S/c1-6-30(7-2)15-16-35-19-12-10-18(11-13-19)22-17-20(24(28)36-22)25(32)29-21-9-8-14-31(26(33)34)23(21)27(3,4)5/h10-13,17,21,23H,6-9,14-16,28H2,1-5H3,(H,29,32)(H,33,34)/t21-,23?/m0/s1. The van der Waals surface area contributed by atoms with Crippen LogP contribution >= 0.6 is 11.3 Å². The number of benzene rings is 1. The van der Waals surface area contributed by atoms with Gasteiger partial charge in [-0.15, -0.1) is 11.3 Å². The molecule has 3 rings (SSSR count). The Morgan fingerprint density at radius 1 is 1.22 bits per heavy atom. The summed E-state index contributed by atoms with van der Waals surface area (Å²) in [5.41, 5.74) is 7.32. The number of carbonyl (C=O) groups excluding carboxylic acids is 1. The number of likely N-dealkylation sites (tertiary alicyclic amines) is 1. The number of nitrogens with zero attached hydrogens (tertiary/aromatic N) is 2. The van der Waals surface area contributed by atoms with E-state index in [9.17, 15) is 14.7 Å². The van der Waals surface area contributed by atoms with Gasteiger partial charge in [-0.1, -0.05) is 34.6 Å². The molecule has 9 heteroatoms. The van der Waals surface area contributed by atoms with E-state index >= 15 is 0 Å². The summed E-state index contributed by atoms with van der Waals surface area (Å²) in [6, 6.07) is 9.03. The number of amides is 2. The molecule has 0 bridgehead atoms. The van der Waals surface area contributed by atoms with Crippen LogP contribution in [0.5, 0.6) is 5.75 Å². The van der Waals surface area contributed by atoms with Crippen LogP contribution in [0.3, 0.4) is 0 Å². The van der Waals surface area contributed by atoms with Gasteiger partial charge in [0, 0.05) is 18.0 Å². The van der Waals surface area contributed by atoms with Crippen LogP contribution in [0.2, 0.25) is 0 Å². The zero-order valence-electron chi connectivity index (χ0n) is 22.0. The van der Waals surface area contributed by atoms with Gasteiger partial charge in [0.15, 0.2) is 0 Å². The number of piperidine rings is 1. The number of likely N-dealkylation sites (N-methyl/N-ethyl adjacent to an activating group) is 1. The van der Waals surface area contributed by atoms with Crippen molar-refractivity contribution in [1.29, 1.82) is 0 Å². The number of nitrogens with one attached hydrogen (secondary N) is 1. The minimum atomic E-state index is -0.952. The number of rotatable bonds is 9. The van der Waals surface area contributed by atoms with Crippen molar-refractivity contribution in [1.82, 2.24) is 15.1 Å². The maximum atomic E-state index is 13.2. The van der Waals surface area contributed by atoms with Gasteiger partial charge in [-0.05, 0) is 67.2 Å². The molecule has 198 valence electrons. The van der Waals surface area contributed by atoms with Gasteiger partial charge in [-0.2, -0.15) is 0 Å². The van der Waals surface area contributed by atoms with Crippen molar-refractivity contribution in [2.45, 2.75) is 59.5 Å². The number of nitrogen functional groups attached to an aromatic ring is 1. The lowest BCUT2D eigenvalue weighted by Gasteiger charge is -2.46. The fourth-order valence-corrected chi connectivity index (χ4v) is 5.88. The summed E-state index contributed by atoms with van der Waals surface area (Å²) in [5.74, 6) is 0.541. The Bertz CT molecular complexity index is 1030. The van der Waals surface area contributed by atoms with Crippen LogP contribution < -0.4 is 15.8 Å². The molecule has 2 heterocycles. The van der Waals surface area contributed by atoms with Crippen molar-refractivity contribution in [2.24, 2.45) is 5.41 Å². The second-order valence-electron chi connectivity index (χ2n) is 10.3. The van der Waals surface area contributed by atoms with E-state index in [1.807, 2.05) is 51.1 Å². The predicted octanol–water partition coefficient (Wildman–Crippen LogP) is 5.00. The second kappa shape index (κ2) is 12.0. The SMILES string of the molecule is CCN(CC)CCOc1ccc(-c2cc(C(=O)N[C@H]3CCCN(C(=O)O)C3C(C)(C)C)c(N)s2)cc1. The van der Waals surface area contributed by atoms with Crippen LogP contribution in [0, 0.1) is 5.41 Å². The van der Waals surface area contributed by atoms with Crippen molar-refractivity contribution in [2.75, 3.05) is 38.5 Å². The topological polar surface area (TPSA) is 108 Å². The number of carboxylic acid groups (broad SMARTS) is 1. The lowest BCUT2D eigenvalue weighted by Crippen LogP contribution is -2.61. The van der Waals surface area contributed by atoms with Crippen molar-refractivity contribution in [3.63, 3.8) is 0 Å². The van der Waals surface area contributed by atoms with Gasteiger partial charge in [0.1, 0.15) is 12.4 Å². The minimum Gasteiger partial charge on any atom is -0.492 e. The van der Waals surface area contributed by atoms with E-state index in [1.54, 1.807) is 0 Å². The molecule has 1 aliphatic heterocycles. The average molecular weight is 517 g/mol. The lowest BCUT2D eigenvalue weighted by atomic mass is 9.77. The quantitative estimate of drug-likeness (QED) is 0.433. The van der Waals surface area contributed by atoms with Crippen LogP contribution in [0.1, 0.15) is 57.8 Å². The first-order valence-corrected chi connectivity index (χ1v) is 13.5. The Morgan fingerprint density at radius 2 is 1.89 bits per heavy atom. The van der Waals surface area contributed by atoms with E-state index in [1.165, 1.54) is 16.2 Å². The lowest BCUT2D eigenvalue weighted by molar-refractivity contribution is 0.0359. The summed E-state index contributed by atoms with van der Waals surface area (Å²) in [4.78, 5) is 29.8. The zero-order valence-corrected chi connectivity index (χ0v) is 22.9. The fraction of sp³-hybridized carbons (Fsp3) is 0.556. The van der Waals surface area contributed by atoms with Crippen LogP contribution in [-0.2, 0) is 0 Å². The van der Waals surface area contributed by atoms with E-state index in [0.29, 0.717) is 30.1 Å². The van der Waals surface area contributed by atoms with E-state index in [0.717, 1.165) is 42.2 Å². The molecule has 1 fully saturated rings. The average Bonchev–Trinajstić information content (AvgIpc) is 3.23. The molecule has 4 N–H and O–H groups in total. The van der Waals surface area contributed by atoms with Crippen LogP contribution in [0.25, 0.3) is 10.4 Å². The van der Waals surface area contributed by atoms with Gasteiger partial charge in [-0.25, -0.2) is 4.79 Å². The molecule has 1 aromatic heterocycles. The molecule has 0 saturated carbocycles. The molecular weight excluding hydrogens is 476 g/mol. The highest BCUT2D eigenvalue weighted by atomic mass is 32.1. The predicted molar refractivity (Wildman–Crippen MR) is 146 cm³/mol. The van der Waals surface area contributed by atoms with Crippen molar-refractivity contribution >= 4 is 28.3 Å². The monoisotopic (exact) mass is 516 g/mol. The number of anilines is 1. The van der Waals surface area contributed by atoms with Crippen LogP contribution in [-0.4, -0.2) is 71.8 Å². The summed E-state index contributed by atoms with van der Waals surface area (Å²) in [6.07, 6.45) is 0.480. The highest BCUT2D eigenvalue weighted by Crippen LogP contribution is 2.36. The number of nitrogens with two attached hydrogens (primary N) is 1. The number of thiophene rings is 1. The van der Waals surface area contributed by atoms with E-state index < -0.39 is 6.09 Å². The molecular formula is C27H40N4O4S.